The van der Waals surface area contributed by atoms with Gasteiger partial charge in [0.05, 0.1) is 18.6 Å². The van der Waals surface area contributed by atoms with Crippen molar-refractivity contribution in [2.24, 2.45) is 5.92 Å². The molecule has 0 aromatic heterocycles. The Balaban J connectivity index is 1.98. The zero-order valence-electron chi connectivity index (χ0n) is 16.3. The van der Waals surface area contributed by atoms with Crippen LogP contribution in [0.4, 0.5) is 0 Å². The fourth-order valence-corrected chi connectivity index (χ4v) is 2.88. The molecule has 6 nitrogen and oxygen atoms in total. The van der Waals surface area contributed by atoms with Crippen molar-refractivity contribution in [3.8, 4) is 5.75 Å². The Morgan fingerprint density at radius 1 is 1.00 bits per heavy atom. The Hall–Kier alpha value is -3.15. The van der Waals surface area contributed by atoms with Gasteiger partial charge in [-0.2, -0.15) is 0 Å². The number of amides is 2. The summed E-state index contributed by atoms with van der Waals surface area (Å²) >= 11 is 0. The van der Waals surface area contributed by atoms with E-state index in [1.54, 1.807) is 24.3 Å². The van der Waals surface area contributed by atoms with E-state index in [2.05, 4.69) is 5.32 Å². The molecule has 2 amide bonds. The van der Waals surface area contributed by atoms with Crippen LogP contribution >= 0.6 is 0 Å². The second-order valence-corrected chi connectivity index (χ2v) is 6.46. The third-order valence-electron chi connectivity index (χ3n) is 4.58. The number of hydrogen-bond acceptors (Lipinski definition) is 5. The van der Waals surface area contributed by atoms with Crippen molar-refractivity contribution in [3.63, 3.8) is 0 Å². The van der Waals surface area contributed by atoms with Gasteiger partial charge < -0.3 is 9.47 Å². The number of rotatable bonds is 8. The molecular formula is C22H25NO5. The molecular weight excluding hydrogens is 358 g/mol. The van der Waals surface area contributed by atoms with Gasteiger partial charge in [0.2, 0.25) is 0 Å². The molecule has 1 N–H and O–H groups in total. The molecule has 0 bridgehead atoms. The van der Waals surface area contributed by atoms with Crippen LogP contribution in [0.15, 0.2) is 54.6 Å². The SMILES string of the molecule is CC[C@@H](C)[C@@H](C(=O)OCC(=O)NC(=O)c1ccccc1OC)c1ccccc1. The molecule has 0 aliphatic rings. The largest absolute Gasteiger partial charge is 0.496 e. The van der Waals surface area contributed by atoms with E-state index in [4.69, 9.17) is 9.47 Å². The lowest BCUT2D eigenvalue weighted by Gasteiger charge is -2.21. The standard InChI is InChI=1S/C22H25NO5/c1-4-15(2)20(16-10-6-5-7-11-16)22(26)28-14-19(24)23-21(25)17-12-8-9-13-18(17)27-3/h5-13,15,20H,4,14H2,1-3H3,(H,23,24,25)/t15-,20-/m1/s1. The van der Waals surface area contributed by atoms with Crippen LogP contribution in [0.2, 0.25) is 0 Å². The lowest BCUT2D eigenvalue weighted by molar-refractivity contribution is -0.151. The Bertz CT molecular complexity index is 819. The number of nitrogens with one attached hydrogen (secondary N) is 1. The third kappa shape index (κ3) is 5.42. The van der Waals surface area contributed by atoms with Crippen LogP contribution in [-0.4, -0.2) is 31.5 Å². The summed E-state index contributed by atoms with van der Waals surface area (Å²) in [6.07, 6.45) is 0.785. The average molecular weight is 383 g/mol. The summed E-state index contributed by atoms with van der Waals surface area (Å²) in [5, 5.41) is 2.21. The van der Waals surface area contributed by atoms with Gasteiger partial charge >= 0.3 is 5.97 Å². The molecule has 2 atom stereocenters. The first kappa shape index (κ1) is 21.2. The minimum atomic E-state index is -0.694. The van der Waals surface area contributed by atoms with E-state index in [0.29, 0.717) is 5.75 Å². The normalized spacial score (nSPS) is 12.5. The quantitative estimate of drug-likeness (QED) is 0.707. The van der Waals surface area contributed by atoms with Crippen LogP contribution in [0.3, 0.4) is 0 Å². The van der Waals surface area contributed by atoms with E-state index >= 15 is 0 Å². The average Bonchev–Trinajstić information content (AvgIpc) is 2.72. The fraction of sp³-hybridized carbons (Fsp3) is 0.318. The molecule has 148 valence electrons. The number of esters is 1. The first-order valence-electron chi connectivity index (χ1n) is 9.16. The highest BCUT2D eigenvalue weighted by Crippen LogP contribution is 2.28. The maximum Gasteiger partial charge on any atom is 0.314 e. The Morgan fingerprint density at radius 3 is 2.29 bits per heavy atom. The van der Waals surface area contributed by atoms with Crippen LogP contribution in [0, 0.1) is 5.92 Å². The minimum absolute atomic E-state index is 0.0492. The topological polar surface area (TPSA) is 81.7 Å². The molecule has 0 aliphatic heterocycles. The van der Waals surface area contributed by atoms with Gasteiger partial charge in [0.25, 0.3) is 11.8 Å². The highest BCUT2D eigenvalue weighted by molar-refractivity contribution is 6.06. The lowest BCUT2D eigenvalue weighted by Crippen LogP contribution is -2.35. The van der Waals surface area contributed by atoms with Gasteiger partial charge in [-0.3, -0.25) is 19.7 Å². The maximum atomic E-state index is 12.6. The van der Waals surface area contributed by atoms with Crippen LogP contribution in [0.5, 0.6) is 5.75 Å². The molecule has 2 rings (SSSR count). The molecule has 6 heteroatoms. The van der Waals surface area contributed by atoms with E-state index < -0.39 is 30.3 Å². The van der Waals surface area contributed by atoms with Crippen molar-refractivity contribution in [1.82, 2.24) is 5.32 Å². The number of benzene rings is 2. The van der Waals surface area contributed by atoms with Gasteiger partial charge in [0.1, 0.15) is 5.75 Å². The molecule has 0 unspecified atom stereocenters. The number of methoxy groups -OCH3 is 1. The van der Waals surface area contributed by atoms with E-state index in [1.807, 2.05) is 44.2 Å². The number of imide groups is 1. The molecule has 2 aromatic carbocycles. The lowest BCUT2D eigenvalue weighted by atomic mass is 9.86. The smallest absolute Gasteiger partial charge is 0.314 e. The number of ether oxygens (including phenoxy) is 2. The summed E-state index contributed by atoms with van der Waals surface area (Å²) in [4.78, 5) is 36.9. The molecule has 0 spiro atoms. The number of hydrogen-bond donors (Lipinski definition) is 1. The first-order valence-corrected chi connectivity index (χ1v) is 9.16. The first-order chi connectivity index (χ1) is 13.5. The zero-order chi connectivity index (χ0) is 20.5. The molecule has 2 aromatic rings. The predicted molar refractivity (Wildman–Crippen MR) is 105 cm³/mol. The summed E-state index contributed by atoms with van der Waals surface area (Å²) in [7, 11) is 1.44. The molecule has 0 radical (unpaired) electrons. The zero-order valence-corrected chi connectivity index (χ0v) is 16.3. The van der Waals surface area contributed by atoms with Gasteiger partial charge in [-0.25, -0.2) is 0 Å². The van der Waals surface area contributed by atoms with E-state index in [9.17, 15) is 14.4 Å². The molecule has 0 heterocycles. The van der Waals surface area contributed by atoms with Gasteiger partial charge in [0, 0.05) is 0 Å². The Kier molecular flexibility index (Phi) is 7.75. The molecule has 0 aliphatic carbocycles. The van der Waals surface area contributed by atoms with Crippen molar-refractivity contribution in [2.75, 3.05) is 13.7 Å². The van der Waals surface area contributed by atoms with Gasteiger partial charge in [-0.05, 0) is 23.6 Å². The monoisotopic (exact) mass is 383 g/mol. The van der Waals surface area contributed by atoms with Crippen molar-refractivity contribution in [3.05, 3.63) is 65.7 Å². The second kappa shape index (κ2) is 10.3. The maximum absolute atomic E-state index is 12.6. The Labute approximate surface area is 164 Å². The fourth-order valence-electron chi connectivity index (χ4n) is 2.88. The summed E-state index contributed by atoms with van der Waals surface area (Å²) in [6.45, 7) is 3.43. The van der Waals surface area contributed by atoms with Crippen molar-refractivity contribution >= 4 is 17.8 Å². The van der Waals surface area contributed by atoms with Gasteiger partial charge in [0.15, 0.2) is 6.61 Å². The van der Waals surface area contributed by atoms with E-state index in [1.165, 1.54) is 7.11 Å². The number of para-hydroxylation sites is 1. The number of carbonyl (C=O) groups is 3. The van der Waals surface area contributed by atoms with Crippen LogP contribution in [0.25, 0.3) is 0 Å². The van der Waals surface area contributed by atoms with Crippen molar-refractivity contribution in [2.45, 2.75) is 26.2 Å². The summed E-state index contributed by atoms with van der Waals surface area (Å²) in [5.74, 6) is -1.86. The van der Waals surface area contributed by atoms with Crippen molar-refractivity contribution in [1.29, 1.82) is 0 Å². The summed E-state index contributed by atoms with van der Waals surface area (Å²) in [6, 6.07) is 15.9. The van der Waals surface area contributed by atoms with E-state index in [-0.39, 0.29) is 11.5 Å². The van der Waals surface area contributed by atoms with Crippen LogP contribution in [-0.2, 0) is 14.3 Å². The third-order valence-corrected chi connectivity index (χ3v) is 4.58. The van der Waals surface area contributed by atoms with Crippen LogP contribution < -0.4 is 10.1 Å². The van der Waals surface area contributed by atoms with E-state index in [0.717, 1.165) is 12.0 Å². The summed E-state index contributed by atoms with van der Waals surface area (Å²) in [5.41, 5.74) is 1.07. The predicted octanol–water partition coefficient (Wildman–Crippen LogP) is 3.32. The molecule has 0 fully saturated rings. The van der Waals surface area contributed by atoms with Gasteiger partial charge in [-0.15, -0.1) is 0 Å². The second-order valence-electron chi connectivity index (χ2n) is 6.46. The van der Waals surface area contributed by atoms with Crippen molar-refractivity contribution < 1.29 is 23.9 Å². The highest BCUT2D eigenvalue weighted by Gasteiger charge is 2.28. The van der Waals surface area contributed by atoms with Crippen LogP contribution in [0.1, 0.15) is 42.1 Å². The number of carbonyl (C=O) groups excluding carboxylic acids is 3. The molecule has 0 saturated carbocycles. The Morgan fingerprint density at radius 2 is 1.64 bits per heavy atom. The molecule has 28 heavy (non-hydrogen) atoms. The minimum Gasteiger partial charge on any atom is -0.496 e. The summed E-state index contributed by atoms with van der Waals surface area (Å²) < 4.78 is 10.3. The highest BCUT2D eigenvalue weighted by atomic mass is 16.5. The van der Waals surface area contributed by atoms with Gasteiger partial charge in [-0.1, -0.05) is 62.7 Å². The molecule has 0 saturated heterocycles.